The smallest absolute Gasteiger partial charge is 0.243 e. The van der Waals surface area contributed by atoms with Crippen LogP contribution in [-0.2, 0) is 10.0 Å². The minimum Gasteiger partial charge on any atom is -0.385 e. The van der Waals surface area contributed by atoms with E-state index in [1.54, 1.807) is 16.4 Å². The number of hydrogen-bond acceptors (Lipinski definition) is 3. The number of nitrogens with one attached hydrogen (secondary N) is 1. The molecule has 0 saturated heterocycles. The Labute approximate surface area is 123 Å². The quantitative estimate of drug-likeness (QED) is 0.801. The van der Waals surface area contributed by atoms with E-state index >= 15 is 0 Å². The van der Waals surface area contributed by atoms with Gasteiger partial charge in [-0.15, -0.1) is 0 Å². The topological polar surface area (TPSA) is 49.4 Å². The summed E-state index contributed by atoms with van der Waals surface area (Å²) in [5.74, 6) is 0. The highest BCUT2D eigenvalue weighted by Gasteiger charge is 2.26. The minimum atomic E-state index is -3.39. The first-order chi connectivity index (χ1) is 9.47. The largest absolute Gasteiger partial charge is 0.385 e. The number of rotatable bonds is 8. The Bertz CT molecular complexity index is 497. The first-order valence-electron chi connectivity index (χ1n) is 7.33. The van der Waals surface area contributed by atoms with Gasteiger partial charge in [0.1, 0.15) is 0 Å². The molecule has 0 aliphatic rings. The summed E-state index contributed by atoms with van der Waals surface area (Å²) in [6.45, 7) is 9.30. The summed E-state index contributed by atoms with van der Waals surface area (Å²) >= 11 is 0. The molecule has 1 aromatic carbocycles. The molecular formula is C15H26N2O2S. The van der Waals surface area contributed by atoms with E-state index in [2.05, 4.69) is 12.2 Å². The van der Waals surface area contributed by atoms with Crippen LogP contribution in [0.25, 0.3) is 0 Å². The highest BCUT2D eigenvalue weighted by Crippen LogP contribution is 2.21. The monoisotopic (exact) mass is 298 g/mol. The zero-order chi connectivity index (χ0) is 15.2. The van der Waals surface area contributed by atoms with Crippen molar-refractivity contribution in [2.75, 3.05) is 18.4 Å². The molecule has 0 spiro atoms. The Morgan fingerprint density at radius 2 is 1.75 bits per heavy atom. The standard InChI is InChI=1S/C15H26N2O2S/c1-5-12-16-14-8-10-15(11-9-14)20(18,19)17(7-3)13(4)6-2/h8-11,13,16H,5-7,12H2,1-4H3. The van der Waals surface area contributed by atoms with Crippen LogP contribution in [0, 0.1) is 0 Å². The lowest BCUT2D eigenvalue weighted by molar-refractivity contribution is 0.342. The highest BCUT2D eigenvalue weighted by molar-refractivity contribution is 7.89. The van der Waals surface area contributed by atoms with Gasteiger partial charge in [0.25, 0.3) is 0 Å². The Morgan fingerprint density at radius 1 is 1.15 bits per heavy atom. The number of anilines is 1. The molecule has 1 N–H and O–H groups in total. The van der Waals surface area contributed by atoms with E-state index in [4.69, 9.17) is 0 Å². The van der Waals surface area contributed by atoms with Crippen LogP contribution in [0.2, 0.25) is 0 Å². The summed E-state index contributed by atoms with van der Waals surface area (Å²) in [5.41, 5.74) is 0.956. The highest BCUT2D eigenvalue weighted by atomic mass is 32.2. The first-order valence-corrected chi connectivity index (χ1v) is 8.77. The summed E-state index contributed by atoms with van der Waals surface area (Å²) in [4.78, 5) is 0.363. The molecule has 114 valence electrons. The molecule has 0 radical (unpaired) electrons. The van der Waals surface area contributed by atoms with Crippen molar-refractivity contribution in [1.82, 2.24) is 4.31 Å². The van der Waals surface area contributed by atoms with Crippen LogP contribution >= 0.6 is 0 Å². The van der Waals surface area contributed by atoms with E-state index < -0.39 is 10.0 Å². The van der Waals surface area contributed by atoms with Gasteiger partial charge >= 0.3 is 0 Å². The molecule has 4 nitrogen and oxygen atoms in total. The third-order valence-electron chi connectivity index (χ3n) is 3.43. The molecule has 1 aromatic rings. The van der Waals surface area contributed by atoms with Gasteiger partial charge in [0.05, 0.1) is 4.90 Å². The minimum absolute atomic E-state index is 0.0166. The van der Waals surface area contributed by atoms with Crippen LogP contribution in [-0.4, -0.2) is 31.9 Å². The van der Waals surface area contributed by atoms with Gasteiger partial charge in [0.15, 0.2) is 0 Å². The van der Waals surface area contributed by atoms with Gasteiger partial charge in [-0.05, 0) is 44.0 Å². The predicted molar refractivity (Wildman–Crippen MR) is 84.5 cm³/mol. The Balaban J connectivity index is 2.97. The summed E-state index contributed by atoms with van der Waals surface area (Å²) in [6.07, 6.45) is 1.85. The van der Waals surface area contributed by atoms with Gasteiger partial charge < -0.3 is 5.32 Å². The molecule has 5 heteroatoms. The molecule has 0 aliphatic heterocycles. The first kappa shape index (κ1) is 17.0. The fraction of sp³-hybridized carbons (Fsp3) is 0.600. The molecule has 20 heavy (non-hydrogen) atoms. The fourth-order valence-electron chi connectivity index (χ4n) is 2.07. The molecule has 0 heterocycles. The van der Waals surface area contributed by atoms with Crippen molar-refractivity contribution in [2.45, 2.75) is 51.5 Å². The molecule has 1 rings (SSSR count). The second-order valence-corrected chi connectivity index (χ2v) is 6.81. The number of benzene rings is 1. The maximum Gasteiger partial charge on any atom is 0.243 e. The average molecular weight is 298 g/mol. The van der Waals surface area contributed by atoms with Crippen molar-refractivity contribution in [2.24, 2.45) is 0 Å². The maximum atomic E-state index is 12.6. The molecular weight excluding hydrogens is 272 g/mol. The summed E-state index contributed by atoms with van der Waals surface area (Å²) in [5, 5.41) is 3.24. The van der Waals surface area contributed by atoms with Gasteiger partial charge in [-0.1, -0.05) is 20.8 Å². The molecule has 0 aliphatic carbocycles. The zero-order valence-electron chi connectivity index (χ0n) is 12.9. The summed E-state index contributed by atoms with van der Waals surface area (Å²) in [6, 6.07) is 7.03. The van der Waals surface area contributed by atoms with Crippen molar-refractivity contribution < 1.29 is 8.42 Å². The lowest BCUT2D eigenvalue weighted by Crippen LogP contribution is -2.38. The lowest BCUT2D eigenvalue weighted by Gasteiger charge is -2.26. The van der Waals surface area contributed by atoms with Crippen molar-refractivity contribution in [3.8, 4) is 0 Å². The summed E-state index contributed by atoms with van der Waals surface area (Å²) in [7, 11) is -3.39. The SMILES string of the molecule is CCCNc1ccc(S(=O)(=O)N(CC)C(C)CC)cc1. The number of hydrogen-bond donors (Lipinski definition) is 1. The van der Waals surface area contributed by atoms with E-state index in [9.17, 15) is 8.42 Å². The Kier molecular flexibility index (Phi) is 6.49. The van der Waals surface area contributed by atoms with Gasteiger partial charge in [0, 0.05) is 24.8 Å². The third-order valence-corrected chi connectivity index (χ3v) is 5.54. The van der Waals surface area contributed by atoms with Gasteiger partial charge in [-0.25, -0.2) is 8.42 Å². The van der Waals surface area contributed by atoms with Gasteiger partial charge in [-0.2, -0.15) is 4.31 Å². The van der Waals surface area contributed by atoms with Crippen molar-refractivity contribution in [3.05, 3.63) is 24.3 Å². The molecule has 0 bridgehead atoms. The zero-order valence-corrected chi connectivity index (χ0v) is 13.7. The van der Waals surface area contributed by atoms with E-state index in [-0.39, 0.29) is 6.04 Å². The number of sulfonamides is 1. The van der Waals surface area contributed by atoms with Crippen LogP contribution in [0.15, 0.2) is 29.2 Å². The molecule has 0 amide bonds. The second kappa shape index (κ2) is 7.64. The molecule has 0 fully saturated rings. The van der Waals surface area contributed by atoms with Crippen molar-refractivity contribution in [3.63, 3.8) is 0 Å². The summed E-state index contributed by atoms with van der Waals surface area (Å²) < 4.78 is 26.7. The maximum absolute atomic E-state index is 12.6. The number of nitrogens with zero attached hydrogens (tertiary/aromatic N) is 1. The van der Waals surface area contributed by atoms with E-state index in [1.165, 1.54) is 0 Å². The molecule has 1 unspecified atom stereocenters. The fourth-order valence-corrected chi connectivity index (χ4v) is 3.79. The third kappa shape index (κ3) is 3.96. The van der Waals surface area contributed by atoms with Crippen LogP contribution in [0.3, 0.4) is 0 Å². The van der Waals surface area contributed by atoms with Gasteiger partial charge in [-0.3, -0.25) is 0 Å². The van der Waals surface area contributed by atoms with Crippen LogP contribution in [0.1, 0.15) is 40.5 Å². The Hall–Kier alpha value is -1.07. The van der Waals surface area contributed by atoms with Crippen LogP contribution < -0.4 is 5.32 Å². The van der Waals surface area contributed by atoms with E-state index in [1.807, 2.05) is 32.9 Å². The molecule has 1 atom stereocenters. The normalized spacial score (nSPS) is 13.4. The lowest BCUT2D eigenvalue weighted by atomic mass is 10.3. The molecule has 0 aromatic heterocycles. The van der Waals surface area contributed by atoms with E-state index in [0.29, 0.717) is 11.4 Å². The predicted octanol–water partition coefficient (Wildman–Crippen LogP) is 3.32. The van der Waals surface area contributed by atoms with Crippen molar-refractivity contribution in [1.29, 1.82) is 0 Å². The van der Waals surface area contributed by atoms with Crippen molar-refractivity contribution >= 4 is 15.7 Å². The average Bonchev–Trinajstić information content (AvgIpc) is 2.45. The van der Waals surface area contributed by atoms with E-state index in [0.717, 1.165) is 25.1 Å². The second-order valence-electron chi connectivity index (χ2n) is 4.92. The Morgan fingerprint density at radius 3 is 2.20 bits per heavy atom. The molecule has 0 saturated carbocycles. The van der Waals surface area contributed by atoms with Crippen LogP contribution in [0.4, 0.5) is 5.69 Å². The van der Waals surface area contributed by atoms with Gasteiger partial charge in [0.2, 0.25) is 10.0 Å². The van der Waals surface area contributed by atoms with Crippen LogP contribution in [0.5, 0.6) is 0 Å².